The average molecular weight is 342 g/mol. The molecule has 23 heavy (non-hydrogen) atoms. The Morgan fingerprint density at radius 3 is 2.48 bits per heavy atom. The van der Waals surface area contributed by atoms with Crippen LogP contribution in [0.2, 0.25) is 0 Å². The Hall–Kier alpha value is -2.13. The Kier molecular flexibility index (Phi) is 4.90. The highest BCUT2D eigenvalue weighted by molar-refractivity contribution is 7.89. The van der Waals surface area contributed by atoms with Crippen molar-refractivity contribution in [1.29, 1.82) is 0 Å². The van der Waals surface area contributed by atoms with Crippen molar-refractivity contribution in [2.75, 3.05) is 13.7 Å². The second-order valence-electron chi connectivity index (χ2n) is 5.35. The van der Waals surface area contributed by atoms with E-state index in [9.17, 15) is 18.0 Å². The normalized spacial score (nSPS) is 19.7. The monoisotopic (exact) mass is 342 g/mol. The van der Waals surface area contributed by atoms with E-state index in [4.69, 9.17) is 15.0 Å². The third kappa shape index (κ3) is 3.99. The van der Waals surface area contributed by atoms with E-state index in [0.29, 0.717) is 11.3 Å². The summed E-state index contributed by atoms with van der Waals surface area (Å²) >= 11 is 0. The van der Waals surface area contributed by atoms with E-state index in [1.807, 2.05) is 0 Å². The van der Waals surface area contributed by atoms with Crippen LogP contribution in [-0.4, -0.2) is 49.2 Å². The molecule has 1 heterocycles. The molecule has 1 aromatic carbocycles. The summed E-state index contributed by atoms with van der Waals surface area (Å²) < 4.78 is 28.0. The number of primary sulfonamides is 1. The highest BCUT2D eigenvalue weighted by Gasteiger charge is 2.40. The number of carbonyl (C=O) groups is 2. The van der Waals surface area contributed by atoms with Crippen LogP contribution in [0.3, 0.4) is 0 Å². The number of likely N-dealkylation sites (tertiary alicyclic amines) is 1. The van der Waals surface area contributed by atoms with Crippen LogP contribution in [0.25, 0.3) is 0 Å². The van der Waals surface area contributed by atoms with Gasteiger partial charge < -0.3 is 14.7 Å². The molecule has 0 radical (unpaired) electrons. The number of nitrogens with two attached hydrogens (primary N) is 1. The van der Waals surface area contributed by atoms with Gasteiger partial charge in [0.2, 0.25) is 15.9 Å². The number of rotatable bonds is 6. The van der Waals surface area contributed by atoms with E-state index >= 15 is 0 Å². The van der Waals surface area contributed by atoms with E-state index in [-0.39, 0.29) is 19.4 Å². The number of amides is 1. The summed E-state index contributed by atoms with van der Waals surface area (Å²) in [7, 11) is -2.35. The van der Waals surface area contributed by atoms with Crippen LogP contribution in [-0.2, 0) is 19.6 Å². The van der Waals surface area contributed by atoms with Crippen LogP contribution in [0.1, 0.15) is 24.4 Å². The maximum atomic E-state index is 12.1. The molecule has 1 fully saturated rings. The van der Waals surface area contributed by atoms with Crippen LogP contribution in [0.15, 0.2) is 24.3 Å². The second-order valence-corrected chi connectivity index (χ2v) is 7.19. The summed E-state index contributed by atoms with van der Waals surface area (Å²) in [6.07, 6.45) is -0.555. The van der Waals surface area contributed by atoms with E-state index in [1.54, 1.807) is 24.3 Å². The second kappa shape index (κ2) is 6.55. The number of hydrogen-bond acceptors (Lipinski definition) is 5. The van der Waals surface area contributed by atoms with Gasteiger partial charge in [0.1, 0.15) is 11.0 Å². The minimum absolute atomic E-state index is 0.109. The zero-order chi connectivity index (χ0) is 17.2. The number of nitrogens with zero attached hydrogens (tertiary/aromatic N) is 1. The summed E-state index contributed by atoms with van der Waals surface area (Å²) in [6.45, 7) is -0.109. The Labute approximate surface area is 133 Å². The first-order chi connectivity index (χ1) is 10.7. The van der Waals surface area contributed by atoms with Gasteiger partial charge in [-0.05, 0) is 17.7 Å². The van der Waals surface area contributed by atoms with Crippen molar-refractivity contribution in [3.05, 3.63) is 29.8 Å². The molecule has 9 heteroatoms. The molecule has 2 rings (SSSR count). The van der Waals surface area contributed by atoms with E-state index in [0.717, 1.165) is 0 Å². The maximum Gasteiger partial charge on any atom is 0.305 e. The van der Waals surface area contributed by atoms with Crippen LogP contribution in [0.4, 0.5) is 0 Å². The van der Waals surface area contributed by atoms with Gasteiger partial charge in [-0.25, -0.2) is 13.6 Å². The van der Waals surface area contributed by atoms with Gasteiger partial charge in [0.05, 0.1) is 19.6 Å². The molecule has 1 aliphatic rings. The van der Waals surface area contributed by atoms with Gasteiger partial charge in [0.15, 0.2) is 0 Å². The Morgan fingerprint density at radius 1 is 1.43 bits per heavy atom. The molecule has 0 aliphatic carbocycles. The van der Waals surface area contributed by atoms with Gasteiger partial charge in [0, 0.05) is 13.0 Å². The largest absolute Gasteiger partial charge is 0.497 e. The van der Waals surface area contributed by atoms with Crippen molar-refractivity contribution in [2.45, 2.75) is 24.1 Å². The molecule has 2 unspecified atom stereocenters. The SMILES string of the molecule is COc1ccc(C(CC(=O)O)N2CC(S(N)(=O)=O)CC2=O)cc1. The number of methoxy groups -OCH3 is 1. The fourth-order valence-corrected chi connectivity index (χ4v) is 3.36. The third-order valence-corrected chi connectivity index (χ3v) is 5.08. The number of hydrogen-bond donors (Lipinski definition) is 2. The molecule has 3 N–H and O–H groups in total. The van der Waals surface area contributed by atoms with Gasteiger partial charge in [-0.1, -0.05) is 12.1 Å². The van der Waals surface area contributed by atoms with Gasteiger partial charge in [0.25, 0.3) is 0 Å². The number of carboxylic acid groups (broad SMARTS) is 1. The van der Waals surface area contributed by atoms with Gasteiger partial charge in [-0.3, -0.25) is 9.59 Å². The average Bonchev–Trinajstić information content (AvgIpc) is 2.87. The molecule has 0 aromatic heterocycles. The lowest BCUT2D eigenvalue weighted by molar-refractivity contribution is -0.139. The van der Waals surface area contributed by atoms with Crippen molar-refractivity contribution < 1.29 is 27.9 Å². The number of sulfonamides is 1. The first-order valence-electron chi connectivity index (χ1n) is 6.89. The summed E-state index contributed by atoms with van der Waals surface area (Å²) in [4.78, 5) is 24.6. The number of ether oxygens (including phenoxy) is 1. The van der Waals surface area contributed by atoms with Gasteiger partial charge >= 0.3 is 5.97 Å². The molecule has 126 valence electrons. The number of carbonyl (C=O) groups excluding carboxylic acids is 1. The fourth-order valence-electron chi connectivity index (χ4n) is 2.62. The Balaban J connectivity index is 2.31. The zero-order valence-corrected chi connectivity index (χ0v) is 13.3. The van der Waals surface area contributed by atoms with Crippen LogP contribution >= 0.6 is 0 Å². The van der Waals surface area contributed by atoms with Crippen LogP contribution in [0.5, 0.6) is 5.75 Å². The van der Waals surface area contributed by atoms with Crippen molar-refractivity contribution >= 4 is 21.9 Å². The first kappa shape index (κ1) is 17.2. The predicted octanol–water partition coefficient (Wildman–Crippen LogP) is 0.100. The summed E-state index contributed by atoms with van der Waals surface area (Å²) in [5.74, 6) is -0.915. The lowest BCUT2D eigenvalue weighted by Gasteiger charge is -2.27. The van der Waals surface area contributed by atoms with Crippen LogP contribution in [0, 0.1) is 0 Å². The minimum atomic E-state index is -3.85. The molecule has 1 amide bonds. The molecule has 1 aliphatic heterocycles. The molecule has 1 aromatic rings. The lowest BCUT2D eigenvalue weighted by Crippen LogP contribution is -2.35. The molecular formula is C14H18N2O6S. The highest BCUT2D eigenvalue weighted by Crippen LogP contribution is 2.31. The van der Waals surface area contributed by atoms with Crippen molar-refractivity contribution in [3.63, 3.8) is 0 Å². The predicted molar refractivity (Wildman–Crippen MR) is 81.2 cm³/mol. The van der Waals surface area contributed by atoms with Crippen molar-refractivity contribution in [1.82, 2.24) is 4.90 Å². The number of carboxylic acids is 1. The topological polar surface area (TPSA) is 127 Å². The van der Waals surface area contributed by atoms with E-state index < -0.39 is 33.2 Å². The first-order valence-corrected chi connectivity index (χ1v) is 8.50. The van der Waals surface area contributed by atoms with Gasteiger partial charge in [-0.15, -0.1) is 0 Å². The standard InChI is InChI=1S/C14H18N2O6S/c1-22-10-4-2-9(3-5-10)12(7-14(18)19)16-8-11(6-13(16)17)23(15,20)21/h2-5,11-12H,6-8H2,1H3,(H,18,19)(H2,15,20,21). The molecule has 0 saturated carbocycles. The van der Waals surface area contributed by atoms with Crippen LogP contribution < -0.4 is 9.88 Å². The molecule has 0 bridgehead atoms. The molecule has 2 atom stereocenters. The Bertz CT molecular complexity index is 700. The molecule has 8 nitrogen and oxygen atoms in total. The third-order valence-electron chi connectivity index (χ3n) is 3.83. The fraction of sp³-hybridized carbons (Fsp3) is 0.429. The number of benzene rings is 1. The zero-order valence-electron chi connectivity index (χ0n) is 12.5. The summed E-state index contributed by atoms with van der Waals surface area (Å²) in [5.41, 5.74) is 0.594. The quantitative estimate of drug-likeness (QED) is 0.755. The lowest BCUT2D eigenvalue weighted by atomic mass is 10.0. The summed E-state index contributed by atoms with van der Waals surface area (Å²) in [5, 5.41) is 13.2. The van der Waals surface area contributed by atoms with Gasteiger partial charge in [-0.2, -0.15) is 0 Å². The van der Waals surface area contributed by atoms with Crippen molar-refractivity contribution in [2.24, 2.45) is 5.14 Å². The molecular weight excluding hydrogens is 324 g/mol. The van der Waals surface area contributed by atoms with Crippen molar-refractivity contribution in [3.8, 4) is 5.75 Å². The van der Waals surface area contributed by atoms with E-state index in [2.05, 4.69) is 0 Å². The minimum Gasteiger partial charge on any atom is -0.497 e. The highest BCUT2D eigenvalue weighted by atomic mass is 32.2. The Morgan fingerprint density at radius 2 is 2.04 bits per heavy atom. The number of aliphatic carboxylic acids is 1. The summed E-state index contributed by atoms with van der Waals surface area (Å²) in [6, 6.07) is 5.87. The molecule has 0 spiro atoms. The maximum absolute atomic E-state index is 12.1. The van der Waals surface area contributed by atoms with E-state index in [1.165, 1.54) is 12.0 Å². The smallest absolute Gasteiger partial charge is 0.305 e. The molecule has 1 saturated heterocycles.